The maximum Gasteiger partial charge on any atom is 0.451 e. The molecule has 1 aromatic carbocycles. The molecule has 0 amide bonds. The summed E-state index contributed by atoms with van der Waals surface area (Å²) in [6.45, 7) is 0. The topological polar surface area (TPSA) is 81.2 Å². The lowest BCUT2D eigenvalue weighted by Gasteiger charge is -2.12. The monoisotopic (exact) mass is 415 g/mol. The second-order valence-electron chi connectivity index (χ2n) is 4.70. The van der Waals surface area contributed by atoms with Gasteiger partial charge in [-0.15, -0.1) is 0 Å². The van der Waals surface area contributed by atoms with E-state index in [0.29, 0.717) is 0 Å². The van der Waals surface area contributed by atoms with Crippen molar-refractivity contribution in [2.75, 3.05) is 11.8 Å². The third-order valence-electron chi connectivity index (χ3n) is 2.82. The SMILES string of the molecule is COc1cnc(C(F)(F)F)nc1CS(=O)(=O)Nc1ccc(Cl)c(Cl)c1. The van der Waals surface area contributed by atoms with Gasteiger partial charge in [-0.3, -0.25) is 4.72 Å². The van der Waals surface area contributed by atoms with Crippen LogP contribution < -0.4 is 9.46 Å². The van der Waals surface area contributed by atoms with E-state index >= 15 is 0 Å². The Morgan fingerprint density at radius 1 is 1.24 bits per heavy atom. The number of hydrogen-bond acceptors (Lipinski definition) is 5. The molecule has 0 spiro atoms. The lowest BCUT2D eigenvalue weighted by molar-refractivity contribution is -0.145. The molecule has 0 aliphatic carbocycles. The van der Waals surface area contributed by atoms with E-state index in [9.17, 15) is 21.6 Å². The average Bonchev–Trinajstić information content (AvgIpc) is 2.49. The molecule has 25 heavy (non-hydrogen) atoms. The van der Waals surface area contributed by atoms with E-state index in [1.165, 1.54) is 18.2 Å². The number of nitrogens with one attached hydrogen (secondary N) is 1. The molecule has 2 aromatic rings. The number of sulfonamides is 1. The molecule has 2 rings (SSSR count). The number of hydrogen-bond donors (Lipinski definition) is 1. The molecule has 0 saturated heterocycles. The third-order valence-corrected chi connectivity index (χ3v) is 4.76. The minimum atomic E-state index is -4.82. The summed E-state index contributed by atoms with van der Waals surface area (Å²) in [5.74, 6) is -2.51. The zero-order chi connectivity index (χ0) is 18.8. The number of alkyl halides is 3. The van der Waals surface area contributed by atoms with E-state index in [4.69, 9.17) is 27.9 Å². The Labute approximate surface area is 151 Å². The highest BCUT2D eigenvalue weighted by Gasteiger charge is 2.35. The maximum absolute atomic E-state index is 12.7. The number of aromatic nitrogens is 2. The van der Waals surface area contributed by atoms with Gasteiger partial charge in [0, 0.05) is 0 Å². The smallest absolute Gasteiger partial charge is 0.451 e. The van der Waals surface area contributed by atoms with Gasteiger partial charge in [-0.1, -0.05) is 23.2 Å². The van der Waals surface area contributed by atoms with Crippen LogP contribution >= 0.6 is 23.2 Å². The van der Waals surface area contributed by atoms with Crippen LogP contribution in [0.5, 0.6) is 5.75 Å². The normalized spacial score (nSPS) is 12.1. The number of rotatable bonds is 5. The third kappa shape index (κ3) is 5.10. The summed E-state index contributed by atoms with van der Waals surface area (Å²) >= 11 is 11.5. The van der Waals surface area contributed by atoms with Crippen molar-refractivity contribution in [1.82, 2.24) is 9.97 Å². The molecule has 0 atom stereocenters. The summed E-state index contributed by atoms with van der Waals surface area (Å²) in [7, 11) is -2.94. The van der Waals surface area contributed by atoms with Gasteiger partial charge in [0.2, 0.25) is 15.8 Å². The molecule has 1 N–H and O–H groups in total. The largest absolute Gasteiger partial charge is 0.493 e. The van der Waals surface area contributed by atoms with Crippen LogP contribution in [-0.4, -0.2) is 25.5 Å². The highest BCUT2D eigenvalue weighted by Crippen LogP contribution is 2.29. The van der Waals surface area contributed by atoms with Gasteiger partial charge < -0.3 is 4.74 Å². The minimum Gasteiger partial charge on any atom is -0.493 e. The summed E-state index contributed by atoms with van der Waals surface area (Å²) in [6.07, 6.45) is -4.05. The van der Waals surface area contributed by atoms with Crippen LogP contribution in [0.3, 0.4) is 0 Å². The van der Waals surface area contributed by atoms with Crippen molar-refractivity contribution in [3.63, 3.8) is 0 Å². The van der Waals surface area contributed by atoms with Gasteiger partial charge in [-0.25, -0.2) is 18.4 Å². The molecule has 12 heteroatoms. The first-order valence-electron chi connectivity index (χ1n) is 6.44. The first kappa shape index (κ1) is 19.5. The lowest BCUT2D eigenvalue weighted by atomic mass is 10.3. The average molecular weight is 416 g/mol. The van der Waals surface area contributed by atoms with Crippen molar-refractivity contribution in [3.8, 4) is 5.75 Å². The summed E-state index contributed by atoms with van der Waals surface area (Å²) in [5, 5.41) is 0.331. The van der Waals surface area contributed by atoms with E-state index < -0.39 is 33.5 Å². The van der Waals surface area contributed by atoms with E-state index in [2.05, 4.69) is 14.7 Å². The van der Waals surface area contributed by atoms with E-state index in [1.54, 1.807) is 0 Å². The predicted octanol–water partition coefficient (Wildman–Crippen LogP) is 3.75. The van der Waals surface area contributed by atoms with Gasteiger partial charge in [0.05, 0.1) is 29.0 Å². The van der Waals surface area contributed by atoms with Crippen molar-refractivity contribution < 1.29 is 26.3 Å². The highest BCUT2D eigenvalue weighted by atomic mass is 35.5. The first-order chi connectivity index (χ1) is 11.5. The number of nitrogens with zero attached hydrogens (tertiary/aromatic N) is 2. The van der Waals surface area contributed by atoms with Crippen molar-refractivity contribution in [2.24, 2.45) is 0 Å². The zero-order valence-electron chi connectivity index (χ0n) is 12.4. The van der Waals surface area contributed by atoms with E-state index in [-0.39, 0.29) is 21.5 Å². The predicted molar refractivity (Wildman–Crippen MR) is 86.3 cm³/mol. The molecule has 0 radical (unpaired) electrons. The van der Waals surface area contributed by atoms with Crippen LogP contribution in [0.15, 0.2) is 24.4 Å². The molecular formula is C13H10Cl2F3N3O3S. The fraction of sp³-hybridized carbons (Fsp3) is 0.231. The Kier molecular flexibility index (Phi) is 5.65. The maximum atomic E-state index is 12.7. The number of ether oxygens (including phenoxy) is 1. The van der Waals surface area contributed by atoms with E-state index in [0.717, 1.165) is 13.3 Å². The van der Waals surface area contributed by atoms with Crippen LogP contribution in [0.1, 0.15) is 11.5 Å². The Bertz CT molecular complexity index is 892. The molecule has 0 aliphatic rings. The molecule has 0 aliphatic heterocycles. The Hall–Kier alpha value is -1.78. The Morgan fingerprint density at radius 2 is 1.92 bits per heavy atom. The number of benzene rings is 1. The van der Waals surface area contributed by atoms with Crippen LogP contribution in [-0.2, 0) is 22.0 Å². The number of methoxy groups -OCH3 is 1. The van der Waals surface area contributed by atoms with Gasteiger partial charge in [-0.2, -0.15) is 13.2 Å². The van der Waals surface area contributed by atoms with Crippen molar-refractivity contribution in [3.05, 3.63) is 46.0 Å². The highest BCUT2D eigenvalue weighted by molar-refractivity contribution is 7.91. The summed E-state index contributed by atoms with van der Waals surface area (Å²) in [6, 6.07) is 3.98. The Morgan fingerprint density at radius 3 is 2.48 bits per heavy atom. The second-order valence-corrected chi connectivity index (χ2v) is 7.23. The van der Waals surface area contributed by atoms with Crippen molar-refractivity contribution in [2.45, 2.75) is 11.9 Å². The van der Waals surface area contributed by atoms with Gasteiger partial charge in [-0.05, 0) is 18.2 Å². The van der Waals surface area contributed by atoms with Crippen LogP contribution in [0.25, 0.3) is 0 Å². The summed E-state index contributed by atoms with van der Waals surface area (Å²) < 4.78 is 69.5. The summed E-state index contributed by atoms with van der Waals surface area (Å²) in [4.78, 5) is 6.35. The molecule has 1 aromatic heterocycles. The first-order valence-corrected chi connectivity index (χ1v) is 8.85. The minimum absolute atomic E-state index is 0.0958. The molecule has 0 unspecified atom stereocenters. The molecule has 0 fully saturated rings. The molecule has 1 heterocycles. The molecular weight excluding hydrogens is 406 g/mol. The molecule has 136 valence electrons. The quantitative estimate of drug-likeness (QED) is 0.803. The van der Waals surface area contributed by atoms with Gasteiger partial charge in [0.25, 0.3) is 0 Å². The van der Waals surface area contributed by atoms with Gasteiger partial charge in [0.15, 0.2) is 5.75 Å². The fourth-order valence-corrected chi connectivity index (χ4v) is 3.19. The van der Waals surface area contributed by atoms with Gasteiger partial charge in [0.1, 0.15) is 11.4 Å². The summed E-state index contributed by atoms with van der Waals surface area (Å²) in [5.41, 5.74) is -0.337. The zero-order valence-corrected chi connectivity index (χ0v) is 14.8. The standard InChI is InChI=1S/C13H10Cl2F3N3O3S/c1-24-11-5-19-12(13(16,17)18)20-10(11)6-25(22,23)21-7-2-3-8(14)9(15)4-7/h2-5,21H,6H2,1H3. The fourth-order valence-electron chi connectivity index (χ4n) is 1.77. The van der Waals surface area contributed by atoms with Gasteiger partial charge >= 0.3 is 6.18 Å². The van der Waals surface area contributed by atoms with Crippen LogP contribution in [0, 0.1) is 0 Å². The molecule has 0 bridgehead atoms. The Balaban J connectivity index is 2.31. The molecule has 6 nitrogen and oxygen atoms in total. The number of anilines is 1. The van der Waals surface area contributed by atoms with Crippen molar-refractivity contribution in [1.29, 1.82) is 0 Å². The van der Waals surface area contributed by atoms with Crippen molar-refractivity contribution >= 4 is 38.9 Å². The van der Waals surface area contributed by atoms with Crippen LogP contribution in [0.2, 0.25) is 10.0 Å². The second kappa shape index (κ2) is 7.22. The van der Waals surface area contributed by atoms with Crippen LogP contribution in [0.4, 0.5) is 18.9 Å². The molecule has 0 saturated carbocycles. The van der Waals surface area contributed by atoms with E-state index in [1.807, 2.05) is 0 Å². The number of halogens is 5. The lowest BCUT2D eigenvalue weighted by Crippen LogP contribution is -2.19.